The summed E-state index contributed by atoms with van der Waals surface area (Å²) in [4.78, 5) is 11.1. The number of hydrogen-bond donors (Lipinski definition) is 2. The molecule has 0 fully saturated rings. The number of carbonyl (C=O) groups is 1. The van der Waals surface area contributed by atoms with Gasteiger partial charge in [-0.25, -0.2) is 4.39 Å². The molecular formula is C22H23FN2O4. The smallest absolute Gasteiger partial charge is 0.307 e. The van der Waals surface area contributed by atoms with E-state index in [1.807, 2.05) is 6.92 Å². The molecule has 1 heterocycles. The standard InChI is InChI=1S/C22H23FN2O4/c1-3-17(26)13-25-20(15-5-4-6-16(23)11-15)12-19(24-25)18-9-14(10-22(27)28)7-8-21(18)29-2/h4-9,11-12,17,26H,3,10,13H2,1-2H3,(H,27,28). The van der Waals surface area contributed by atoms with Crippen molar-refractivity contribution in [1.82, 2.24) is 9.78 Å². The minimum Gasteiger partial charge on any atom is -0.496 e. The summed E-state index contributed by atoms with van der Waals surface area (Å²) >= 11 is 0. The van der Waals surface area contributed by atoms with Crippen molar-refractivity contribution in [1.29, 1.82) is 0 Å². The van der Waals surface area contributed by atoms with Gasteiger partial charge in [0.1, 0.15) is 11.6 Å². The highest BCUT2D eigenvalue weighted by atomic mass is 19.1. The Morgan fingerprint density at radius 1 is 1.24 bits per heavy atom. The van der Waals surface area contributed by atoms with E-state index in [1.165, 1.54) is 19.2 Å². The minimum atomic E-state index is -0.932. The summed E-state index contributed by atoms with van der Waals surface area (Å²) in [5.41, 5.74) is 3.08. The van der Waals surface area contributed by atoms with Gasteiger partial charge in [-0.05, 0) is 42.3 Å². The first kappa shape index (κ1) is 20.5. The van der Waals surface area contributed by atoms with E-state index in [9.17, 15) is 14.3 Å². The molecular weight excluding hydrogens is 375 g/mol. The van der Waals surface area contributed by atoms with Gasteiger partial charge in [0.15, 0.2) is 0 Å². The third-order valence-electron chi connectivity index (χ3n) is 4.65. The number of methoxy groups -OCH3 is 1. The van der Waals surface area contributed by atoms with E-state index in [4.69, 9.17) is 9.84 Å². The maximum atomic E-state index is 13.8. The number of aromatic nitrogens is 2. The van der Waals surface area contributed by atoms with Crippen LogP contribution in [0.5, 0.6) is 5.75 Å². The summed E-state index contributed by atoms with van der Waals surface area (Å²) in [6.07, 6.45) is -0.173. The van der Waals surface area contributed by atoms with Crippen LogP contribution in [0.3, 0.4) is 0 Å². The van der Waals surface area contributed by atoms with Gasteiger partial charge in [0.25, 0.3) is 0 Å². The molecule has 0 saturated carbocycles. The van der Waals surface area contributed by atoms with Gasteiger partial charge in [0, 0.05) is 11.1 Å². The van der Waals surface area contributed by atoms with Gasteiger partial charge in [0.05, 0.1) is 37.6 Å². The molecule has 2 N–H and O–H groups in total. The molecule has 3 rings (SSSR count). The van der Waals surface area contributed by atoms with Crippen molar-refractivity contribution in [2.45, 2.75) is 32.4 Å². The highest BCUT2D eigenvalue weighted by Crippen LogP contribution is 2.33. The monoisotopic (exact) mass is 398 g/mol. The van der Waals surface area contributed by atoms with E-state index in [0.29, 0.717) is 40.2 Å². The van der Waals surface area contributed by atoms with E-state index in [1.54, 1.807) is 41.1 Å². The second-order valence-electron chi connectivity index (χ2n) is 6.77. The first-order chi connectivity index (χ1) is 13.9. The number of ether oxygens (including phenoxy) is 1. The van der Waals surface area contributed by atoms with Crippen molar-refractivity contribution in [2.24, 2.45) is 0 Å². The Morgan fingerprint density at radius 3 is 2.69 bits per heavy atom. The van der Waals surface area contributed by atoms with Crippen LogP contribution in [0.4, 0.5) is 4.39 Å². The fraction of sp³-hybridized carbons (Fsp3) is 0.273. The lowest BCUT2D eigenvalue weighted by Gasteiger charge is -2.11. The quantitative estimate of drug-likeness (QED) is 0.604. The van der Waals surface area contributed by atoms with Gasteiger partial charge < -0.3 is 14.9 Å². The van der Waals surface area contributed by atoms with Crippen molar-refractivity contribution >= 4 is 5.97 Å². The van der Waals surface area contributed by atoms with Gasteiger partial charge in [-0.1, -0.05) is 25.1 Å². The zero-order valence-electron chi connectivity index (χ0n) is 16.3. The van der Waals surface area contributed by atoms with Gasteiger partial charge in [-0.15, -0.1) is 0 Å². The molecule has 0 aliphatic rings. The van der Waals surface area contributed by atoms with Crippen molar-refractivity contribution in [3.8, 4) is 28.3 Å². The molecule has 1 unspecified atom stereocenters. The maximum Gasteiger partial charge on any atom is 0.307 e. The number of rotatable bonds is 8. The van der Waals surface area contributed by atoms with Crippen LogP contribution in [-0.2, 0) is 17.8 Å². The third-order valence-corrected chi connectivity index (χ3v) is 4.65. The van der Waals surface area contributed by atoms with Crippen LogP contribution in [0.1, 0.15) is 18.9 Å². The van der Waals surface area contributed by atoms with Gasteiger partial charge in [-0.2, -0.15) is 5.10 Å². The average molecular weight is 398 g/mol. The van der Waals surface area contributed by atoms with Gasteiger partial charge in [0.2, 0.25) is 0 Å². The van der Waals surface area contributed by atoms with Crippen molar-refractivity contribution in [3.05, 3.63) is 59.9 Å². The zero-order valence-corrected chi connectivity index (χ0v) is 16.3. The molecule has 0 aliphatic heterocycles. The fourth-order valence-electron chi connectivity index (χ4n) is 3.14. The van der Waals surface area contributed by atoms with E-state index < -0.39 is 12.1 Å². The Balaban J connectivity index is 2.13. The molecule has 152 valence electrons. The van der Waals surface area contributed by atoms with Crippen LogP contribution in [0.25, 0.3) is 22.5 Å². The first-order valence-corrected chi connectivity index (χ1v) is 9.32. The second kappa shape index (κ2) is 8.87. The Hall–Kier alpha value is -3.19. The minimum absolute atomic E-state index is 0.122. The van der Waals surface area contributed by atoms with Crippen molar-refractivity contribution in [3.63, 3.8) is 0 Å². The van der Waals surface area contributed by atoms with Crippen LogP contribution in [0.15, 0.2) is 48.5 Å². The lowest BCUT2D eigenvalue weighted by molar-refractivity contribution is -0.136. The summed E-state index contributed by atoms with van der Waals surface area (Å²) in [6.45, 7) is 2.12. The first-order valence-electron chi connectivity index (χ1n) is 9.32. The summed E-state index contributed by atoms with van der Waals surface area (Å²) in [5.74, 6) is -0.752. The molecule has 0 amide bonds. The maximum absolute atomic E-state index is 13.8. The largest absolute Gasteiger partial charge is 0.496 e. The van der Waals surface area contributed by atoms with E-state index >= 15 is 0 Å². The average Bonchev–Trinajstić information content (AvgIpc) is 3.11. The molecule has 1 aromatic heterocycles. The SMILES string of the molecule is CCC(O)Cn1nc(-c2cc(CC(=O)O)ccc2OC)cc1-c1cccc(F)c1. The molecule has 0 aliphatic carbocycles. The normalized spacial score (nSPS) is 12.0. The molecule has 0 spiro atoms. The van der Waals surface area contributed by atoms with Gasteiger partial charge >= 0.3 is 5.97 Å². The number of carboxylic acids is 1. The van der Waals surface area contributed by atoms with Gasteiger partial charge in [-0.3, -0.25) is 9.48 Å². The number of aliphatic hydroxyl groups is 1. The van der Waals surface area contributed by atoms with Crippen LogP contribution >= 0.6 is 0 Å². The number of aliphatic hydroxyl groups excluding tert-OH is 1. The molecule has 1 atom stereocenters. The molecule has 0 bridgehead atoms. The van der Waals surface area contributed by atoms with E-state index in [-0.39, 0.29) is 18.8 Å². The van der Waals surface area contributed by atoms with Crippen LogP contribution < -0.4 is 4.74 Å². The zero-order chi connectivity index (χ0) is 21.0. The number of benzene rings is 2. The molecule has 0 radical (unpaired) electrons. The predicted octanol–water partition coefficient (Wildman–Crippen LogP) is 3.76. The molecule has 7 heteroatoms. The third kappa shape index (κ3) is 4.81. The molecule has 2 aromatic carbocycles. The second-order valence-corrected chi connectivity index (χ2v) is 6.77. The Bertz CT molecular complexity index is 1020. The fourth-order valence-corrected chi connectivity index (χ4v) is 3.14. The summed E-state index contributed by atoms with van der Waals surface area (Å²) in [5, 5.41) is 23.8. The lowest BCUT2D eigenvalue weighted by Crippen LogP contribution is -2.16. The van der Waals surface area contributed by atoms with Crippen molar-refractivity contribution in [2.75, 3.05) is 7.11 Å². The highest BCUT2D eigenvalue weighted by molar-refractivity contribution is 5.76. The highest BCUT2D eigenvalue weighted by Gasteiger charge is 2.18. The molecule has 3 aromatic rings. The summed E-state index contributed by atoms with van der Waals surface area (Å²) in [6, 6.07) is 13.1. The predicted molar refractivity (Wildman–Crippen MR) is 107 cm³/mol. The Morgan fingerprint density at radius 2 is 2.03 bits per heavy atom. The summed E-state index contributed by atoms with van der Waals surface area (Å²) in [7, 11) is 1.53. The Kier molecular flexibility index (Phi) is 6.29. The number of nitrogens with zero attached hydrogens (tertiary/aromatic N) is 2. The molecule has 0 saturated heterocycles. The van der Waals surface area contributed by atoms with Crippen molar-refractivity contribution < 1.29 is 24.1 Å². The van der Waals surface area contributed by atoms with Crippen LogP contribution in [0, 0.1) is 5.82 Å². The number of carboxylic acid groups (broad SMARTS) is 1. The Labute approximate surface area is 168 Å². The lowest BCUT2D eigenvalue weighted by atomic mass is 10.0. The van der Waals surface area contributed by atoms with E-state index in [0.717, 1.165) is 0 Å². The topological polar surface area (TPSA) is 84.6 Å². The number of hydrogen-bond acceptors (Lipinski definition) is 4. The number of halogens is 1. The van der Waals surface area contributed by atoms with E-state index in [2.05, 4.69) is 5.10 Å². The number of aliphatic carboxylic acids is 1. The molecule has 29 heavy (non-hydrogen) atoms. The van der Waals surface area contributed by atoms with Crippen LogP contribution in [-0.4, -0.2) is 39.2 Å². The molecule has 6 nitrogen and oxygen atoms in total. The van der Waals surface area contributed by atoms with Crippen LogP contribution in [0.2, 0.25) is 0 Å². The summed E-state index contributed by atoms with van der Waals surface area (Å²) < 4.78 is 20.9.